The van der Waals surface area contributed by atoms with Crippen molar-refractivity contribution in [1.29, 1.82) is 0 Å². The van der Waals surface area contributed by atoms with Crippen LogP contribution in [-0.2, 0) is 6.61 Å². The lowest BCUT2D eigenvalue weighted by molar-refractivity contribution is 0.282. The molecule has 0 heterocycles. The molecule has 0 amide bonds. The molecule has 0 saturated carbocycles. The van der Waals surface area contributed by atoms with Gasteiger partial charge in [0.25, 0.3) is 0 Å². The summed E-state index contributed by atoms with van der Waals surface area (Å²) in [4.78, 5) is 0. The van der Waals surface area contributed by atoms with Crippen molar-refractivity contribution in [2.24, 2.45) is 0 Å². The first-order valence-corrected chi connectivity index (χ1v) is 5.82. The van der Waals surface area contributed by atoms with Crippen LogP contribution in [0.3, 0.4) is 0 Å². The number of hydrogen-bond donors (Lipinski definition) is 1. The lowest BCUT2D eigenvalue weighted by Crippen LogP contribution is -1.91. The summed E-state index contributed by atoms with van der Waals surface area (Å²) in [6.07, 6.45) is 0. The normalized spacial score (nSPS) is 10.7. The van der Waals surface area contributed by atoms with Gasteiger partial charge in [0.2, 0.25) is 0 Å². The van der Waals surface area contributed by atoms with Crippen molar-refractivity contribution in [2.45, 2.75) is 6.61 Å². The third-order valence-electron chi connectivity index (χ3n) is 2.48. The van der Waals surface area contributed by atoms with Gasteiger partial charge in [0.15, 0.2) is 0 Å². The van der Waals surface area contributed by atoms with Crippen molar-refractivity contribution in [3.8, 4) is 11.1 Å². The van der Waals surface area contributed by atoms with E-state index in [1.807, 2.05) is 0 Å². The van der Waals surface area contributed by atoms with Gasteiger partial charge < -0.3 is 5.11 Å². The van der Waals surface area contributed by atoms with Crippen LogP contribution in [0.15, 0.2) is 30.3 Å². The minimum absolute atomic E-state index is 0.121. The highest BCUT2D eigenvalue weighted by Crippen LogP contribution is 2.37. The highest BCUT2D eigenvalue weighted by atomic mass is 35.5. The monoisotopic (exact) mass is 288 g/mol. The van der Waals surface area contributed by atoms with Crippen LogP contribution in [0.25, 0.3) is 11.1 Å². The molecular formula is C13H8Cl2F2O. The number of aliphatic hydroxyl groups is 1. The van der Waals surface area contributed by atoms with Gasteiger partial charge in [-0.25, -0.2) is 8.78 Å². The highest BCUT2D eigenvalue weighted by Gasteiger charge is 2.14. The average molecular weight is 289 g/mol. The van der Waals surface area contributed by atoms with E-state index in [0.29, 0.717) is 5.56 Å². The quantitative estimate of drug-likeness (QED) is 0.867. The van der Waals surface area contributed by atoms with Crippen molar-refractivity contribution in [3.63, 3.8) is 0 Å². The van der Waals surface area contributed by atoms with E-state index in [9.17, 15) is 8.78 Å². The maximum atomic E-state index is 13.7. The first kappa shape index (κ1) is 13.3. The molecule has 0 unspecified atom stereocenters. The summed E-state index contributed by atoms with van der Waals surface area (Å²) in [5, 5.41) is 9.41. The second-order valence-corrected chi connectivity index (χ2v) is 4.53. The Hall–Kier alpha value is -1.16. The number of benzene rings is 2. The van der Waals surface area contributed by atoms with Crippen molar-refractivity contribution < 1.29 is 13.9 Å². The Bertz CT molecular complexity index is 577. The number of aliphatic hydroxyl groups excluding tert-OH is 1. The predicted octanol–water partition coefficient (Wildman–Crippen LogP) is 4.43. The molecule has 0 aliphatic heterocycles. The maximum Gasteiger partial charge on any atom is 0.134 e. The summed E-state index contributed by atoms with van der Waals surface area (Å²) in [7, 11) is 0. The molecule has 0 saturated heterocycles. The molecular weight excluding hydrogens is 281 g/mol. The first-order valence-electron chi connectivity index (χ1n) is 5.07. The van der Waals surface area contributed by atoms with E-state index in [2.05, 4.69) is 0 Å². The summed E-state index contributed by atoms with van der Waals surface area (Å²) in [6.45, 7) is -0.217. The van der Waals surface area contributed by atoms with Crippen LogP contribution in [-0.4, -0.2) is 5.11 Å². The molecule has 1 N–H and O–H groups in total. The van der Waals surface area contributed by atoms with E-state index in [4.69, 9.17) is 28.3 Å². The standard InChI is InChI=1S/C13H8Cl2F2O/c14-10-3-7(6-18)4-11(15)13(10)9-2-1-8(16)5-12(9)17/h1-5,18H,6H2. The van der Waals surface area contributed by atoms with Gasteiger partial charge in [-0.1, -0.05) is 23.2 Å². The molecule has 2 aromatic rings. The van der Waals surface area contributed by atoms with Gasteiger partial charge in [0.1, 0.15) is 11.6 Å². The summed E-state index contributed by atoms with van der Waals surface area (Å²) in [6, 6.07) is 6.15. The Labute approximate surface area is 113 Å². The molecule has 0 fully saturated rings. The van der Waals surface area contributed by atoms with Crippen LogP contribution >= 0.6 is 23.2 Å². The minimum Gasteiger partial charge on any atom is -0.392 e. The molecule has 2 aromatic carbocycles. The van der Waals surface area contributed by atoms with E-state index in [-0.39, 0.29) is 27.8 Å². The fourth-order valence-electron chi connectivity index (χ4n) is 1.67. The van der Waals surface area contributed by atoms with E-state index in [0.717, 1.165) is 12.1 Å². The number of hydrogen-bond acceptors (Lipinski definition) is 1. The predicted molar refractivity (Wildman–Crippen MR) is 67.7 cm³/mol. The molecule has 1 nitrogen and oxygen atoms in total. The van der Waals surface area contributed by atoms with Crippen molar-refractivity contribution in [2.75, 3.05) is 0 Å². The molecule has 0 aliphatic carbocycles. The van der Waals surface area contributed by atoms with Gasteiger partial charge >= 0.3 is 0 Å². The maximum absolute atomic E-state index is 13.7. The Kier molecular flexibility index (Phi) is 3.85. The summed E-state index contributed by atoms with van der Waals surface area (Å²) in [5.41, 5.74) is 0.931. The molecule has 0 aromatic heterocycles. The first-order chi connectivity index (χ1) is 8.52. The average Bonchev–Trinajstić information content (AvgIpc) is 2.30. The van der Waals surface area contributed by atoms with Crippen LogP contribution < -0.4 is 0 Å². The Balaban J connectivity index is 2.64. The zero-order valence-electron chi connectivity index (χ0n) is 9.05. The molecule has 0 spiro atoms. The largest absolute Gasteiger partial charge is 0.392 e. The van der Waals surface area contributed by atoms with Crippen molar-refractivity contribution in [1.82, 2.24) is 0 Å². The topological polar surface area (TPSA) is 20.2 Å². The molecule has 18 heavy (non-hydrogen) atoms. The minimum atomic E-state index is -0.740. The van der Waals surface area contributed by atoms with Crippen LogP contribution in [0, 0.1) is 11.6 Å². The van der Waals surface area contributed by atoms with Gasteiger partial charge in [-0.3, -0.25) is 0 Å². The summed E-state index contributed by atoms with van der Waals surface area (Å²) < 4.78 is 26.5. The molecule has 0 radical (unpaired) electrons. The lowest BCUT2D eigenvalue weighted by Gasteiger charge is -2.10. The third-order valence-corrected chi connectivity index (χ3v) is 3.08. The molecule has 2 rings (SSSR count). The van der Waals surface area contributed by atoms with Gasteiger partial charge in [0, 0.05) is 17.2 Å². The smallest absolute Gasteiger partial charge is 0.134 e. The third kappa shape index (κ3) is 2.48. The molecule has 0 atom stereocenters. The fourth-order valence-corrected chi connectivity index (χ4v) is 2.40. The van der Waals surface area contributed by atoms with Crippen LogP contribution in [0.5, 0.6) is 0 Å². The summed E-state index contributed by atoms with van der Waals surface area (Å²) >= 11 is 12.0. The molecule has 5 heteroatoms. The highest BCUT2D eigenvalue weighted by molar-refractivity contribution is 6.39. The van der Waals surface area contributed by atoms with Crippen molar-refractivity contribution in [3.05, 3.63) is 57.6 Å². The molecule has 0 aliphatic rings. The second kappa shape index (κ2) is 5.22. The van der Waals surface area contributed by atoms with Gasteiger partial charge in [0.05, 0.1) is 16.7 Å². The van der Waals surface area contributed by atoms with Crippen molar-refractivity contribution >= 4 is 23.2 Å². The number of rotatable bonds is 2. The number of halogens is 4. The Morgan fingerprint density at radius 3 is 2.11 bits per heavy atom. The van der Waals surface area contributed by atoms with E-state index < -0.39 is 11.6 Å². The van der Waals surface area contributed by atoms with Gasteiger partial charge in [-0.2, -0.15) is 0 Å². The lowest BCUT2D eigenvalue weighted by atomic mass is 10.0. The van der Waals surface area contributed by atoms with Gasteiger partial charge in [-0.15, -0.1) is 0 Å². The Morgan fingerprint density at radius 2 is 1.61 bits per heavy atom. The van der Waals surface area contributed by atoms with Crippen LogP contribution in [0.4, 0.5) is 8.78 Å². The van der Waals surface area contributed by atoms with Gasteiger partial charge in [-0.05, 0) is 29.8 Å². The molecule has 94 valence electrons. The zero-order valence-corrected chi connectivity index (χ0v) is 10.6. The molecule has 0 bridgehead atoms. The van der Waals surface area contributed by atoms with Crippen LogP contribution in [0.1, 0.15) is 5.56 Å². The van der Waals surface area contributed by atoms with E-state index in [1.54, 1.807) is 0 Å². The SMILES string of the molecule is OCc1cc(Cl)c(-c2ccc(F)cc2F)c(Cl)c1. The van der Waals surface area contributed by atoms with Crippen LogP contribution in [0.2, 0.25) is 10.0 Å². The second-order valence-electron chi connectivity index (χ2n) is 3.72. The summed E-state index contributed by atoms with van der Waals surface area (Å²) in [5.74, 6) is -1.41. The van der Waals surface area contributed by atoms with E-state index in [1.165, 1.54) is 18.2 Å². The fraction of sp³-hybridized carbons (Fsp3) is 0.0769. The van der Waals surface area contributed by atoms with E-state index >= 15 is 0 Å². The zero-order chi connectivity index (χ0) is 13.3. The Morgan fingerprint density at radius 1 is 1.00 bits per heavy atom.